The van der Waals surface area contributed by atoms with Crippen LogP contribution in [-0.2, 0) is 6.54 Å². The molecular weight excluding hydrogens is 378 g/mol. The van der Waals surface area contributed by atoms with Crippen LogP contribution >= 0.6 is 22.9 Å². The highest BCUT2D eigenvalue weighted by molar-refractivity contribution is 7.21. The molecule has 0 saturated heterocycles. The Hall–Kier alpha value is -2.76. The molecule has 0 saturated carbocycles. The molecule has 0 aliphatic heterocycles. The average Bonchev–Trinajstić information content (AvgIpc) is 3.11. The minimum absolute atomic E-state index is 0.112. The molecule has 0 bridgehead atoms. The fraction of sp³-hybridized carbons (Fsp3) is 0.0952. The van der Waals surface area contributed by atoms with E-state index in [1.54, 1.807) is 17.4 Å². The van der Waals surface area contributed by atoms with Crippen molar-refractivity contribution >= 4 is 39.1 Å². The summed E-state index contributed by atoms with van der Waals surface area (Å²) < 4.78 is 0.977. The number of pyridine rings is 1. The van der Waals surface area contributed by atoms with Crippen LogP contribution in [0.25, 0.3) is 20.8 Å². The van der Waals surface area contributed by atoms with Crippen LogP contribution < -0.4 is 5.32 Å². The van der Waals surface area contributed by atoms with Crippen LogP contribution in [0.5, 0.6) is 0 Å². The zero-order valence-electron chi connectivity index (χ0n) is 14.6. The lowest BCUT2D eigenvalue weighted by Gasteiger charge is -2.05. The summed E-state index contributed by atoms with van der Waals surface area (Å²) in [6.07, 6.45) is 1.83. The smallest absolute Gasteiger partial charge is 0.251 e. The van der Waals surface area contributed by atoms with E-state index >= 15 is 0 Å². The lowest BCUT2D eigenvalue weighted by atomic mass is 10.2. The van der Waals surface area contributed by atoms with E-state index < -0.39 is 0 Å². The number of nitrogens with one attached hydrogen (secondary N) is 1. The Balaban J connectivity index is 1.53. The molecule has 0 radical (unpaired) electrons. The number of rotatable bonds is 4. The van der Waals surface area contributed by atoms with Crippen LogP contribution in [0.3, 0.4) is 0 Å². The third-order valence-electron chi connectivity index (χ3n) is 4.18. The van der Waals surface area contributed by atoms with E-state index in [0.717, 1.165) is 32.0 Å². The molecule has 0 atom stereocenters. The Bertz CT molecular complexity index is 1100. The van der Waals surface area contributed by atoms with Crippen molar-refractivity contribution < 1.29 is 4.79 Å². The van der Waals surface area contributed by atoms with E-state index in [4.69, 9.17) is 11.6 Å². The van der Waals surface area contributed by atoms with Crippen molar-refractivity contribution in [3.63, 3.8) is 0 Å². The van der Waals surface area contributed by atoms with Gasteiger partial charge >= 0.3 is 0 Å². The molecule has 134 valence electrons. The highest BCUT2D eigenvalue weighted by Gasteiger charge is 2.11. The quantitative estimate of drug-likeness (QED) is 0.515. The molecule has 6 heteroatoms. The molecule has 0 aliphatic rings. The van der Waals surface area contributed by atoms with Gasteiger partial charge in [-0.1, -0.05) is 23.7 Å². The molecule has 1 N–H and O–H groups in total. The molecule has 0 aliphatic carbocycles. The molecule has 4 rings (SSSR count). The second-order valence-electron chi connectivity index (χ2n) is 6.20. The Morgan fingerprint density at radius 1 is 1.11 bits per heavy atom. The summed E-state index contributed by atoms with van der Waals surface area (Å²) in [5.74, 6) is -0.112. The summed E-state index contributed by atoms with van der Waals surface area (Å²) in [5.41, 5.74) is 4.45. The van der Waals surface area contributed by atoms with Crippen LogP contribution in [0, 0.1) is 6.92 Å². The van der Waals surface area contributed by atoms with Gasteiger partial charge in [-0.3, -0.25) is 9.78 Å². The first-order valence-corrected chi connectivity index (χ1v) is 9.64. The Labute approximate surface area is 165 Å². The topological polar surface area (TPSA) is 54.9 Å². The van der Waals surface area contributed by atoms with Gasteiger partial charge in [0.1, 0.15) is 5.01 Å². The Morgan fingerprint density at radius 2 is 1.93 bits per heavy atom. The second-order valence-corrected chi connectivity index (χ2v) is 7.67. The fourth-order valence-corrected chi connectivity index (χ4v) is 3.79. The van der Waals surface area contributed by atoms with Crippen molar-refractivity contribution in [2.24, 2.45) is 0 Å². The predicted molar refractivity (Wildman–Crippen MR) is 110 cm³/mol. The average molecular weight is 394 g/mol. The molecule has 0 fully saturated rings. The standard InChI is InChI=1S/C21H16ClN3OS/c1-13-2-5-16(12-23-13)21-25-18-9-6-15(10-19(18)27-21)20(26)24-11-14-3-7-17(22)8-4-14/h2-10,12H,11H2,1H3,(H,24,26). The number of nitrogens with zero attached hydrogens (tertiary/aromatic N) is 2. The lowest BCUT2D eigenvalue weighted by molar-refractivity contribution is 0.0951. The van der Waals surface area contributed by atoms with Gasteiger partial charge in [-0.25, -0.2) is 4.98 Å². The van der Waals surface area contributed by atoms with Gasteiger partial charge in [0, 0.05) is 34.6 Å². The minimum atomic E-state index is -0.112. The highest BCUT2D eigenvalue weighted by atomic mass is 35.5. The molecule has 2 aromatic heterocycles. The van der Waals surface area contributed by atoms with Crippen LogP contribution in [0.1, 0.15) is 21.6 Å². The van der Waals surface area contributed by atoms with Crippen molar-refractivity contribution in [3.8, 4) is 10.6 Å². The van der Waals surface area contributed by atoms with Crippen molar-refractivity contribution in [3.05, 3.63) is 82.6 Å². The minimum Gasteiger partial charge on any atom is -0.348 e. The van der Waals surface area contributed by atoms with Gasteiger partial charge < -0.3 is 5.32 Å². The van der Waals surface area contributed by atoms with E-state index in [2.05, 4.69) is 15.3 Å². The number of thiazole rings is 1. The SMILES string of the molecule is Cc1ccc(-c2nc3ccc(C(=O)NCc4ccc(Cl)cc4)cc3s2)cn1. The van der Waals surface area contributed by atoms with Crippen molar-refractivity contribution in [1.29, 1.82) is 0 Å². The second kappa shape index (κ2) is 7.47. The third kappa shape index (κ3) is 3.99. The van der Waals surface area contributed by atoms with E-state index in [-0.39, 0.29) is 5.91 Å². The maximum absolute atomic E-state index is 12.5. The molecule has 4 aromatic rings. The van der Waals surface area contributed by atoms with E-state index in [0.29, 0.717) is 17.1 Å². The van der Waals surface area contributed by atoms with Gasteiger partial charge in [0.05, 0.1) is 10.2 Å². The first kappa shape index (κ1) is 17.6. The van der Waals surface area contributed by atoms with Gasteiger partial charge in [-0.15, -0.1) is 11.3 Å². The predicted octanol–water partition coefficient (Wildman–Crippen LogP) is 5.25. The van der Waals surface area contributed by atoms with Gasteiger partial charge in [0.25, 0.3) is 5.91 Å². The highest BCUT2D eigenvalue weighted by Crippen LogP contribution is 2.30. The molecular formula is C21H16ClN3OS. The number of carbonyl (C=O) groups is 1. The number of benzene rings is 2. The van der Waals surface area contributed by atoms with Gasteiger partial charge in [-0.05, 0) is 55.0 Å². The van der Waals surface area contributed by atoms with Crippen molar-refractivity contribution in [2.75, 3.05) is 0 Å². The van der Waals surface area contributed by atoms with E-state index in [1.807, 2.05) is 61.7 Å². The number of aryl methyl sites for hydroxylation is 1. The van der Waals surface area contributed by atoms with Gasteiger partial charge in [0.15, 0.2) is 0 Å². The van der Waals surface area contributed by atoms with E-state index in [9.17, 15) is 4.79 Å². The van der Waals surface area contributed by atoms with Crippen LogP contribution in [0.4, 0.5) is 0 Å². The normalized spacial score (nSPS) is 10.9. The molecule has 2 aromatic carbocycles. The molecule has 0 spiro atoms. The monoisotopic (exact) mass is 393 g/mol. The number of aromatic nitrogens is 2. The molecule has 1 amide bonds. The summed E-state index contributed by atoms with van der Waals surface area (Å²) in [5, 5.41) is 4.52. The number of hydrogen-bond acceptors (Lipinski definition) is 4. The number of halogens is 1. The molecule has 2 heterocycles. The number of amides is 1. The summed E-state index contributed by atoms with van der Waals surface area (Å²) in [6.45, 7) is 2.41. The number of carbonyl (C=O) groups excluding carboxylic acids is 1. The van der Waals surface area contributed by atoms with Gasteiger partial charge in [-0.2, -0.15) is 0 Å². The van der Waals surface area contributed by atoms with Gasteiger partial charge in [0.2, 0.25) is 0 Å². The first-order valence-electron chi connectivity index (χ1n) is 8.45. The Morgan fingerprint density at radius 3 is 2.67 bits per heavy atom. The molecule has 27 heavy (non-hydrogen) atoms. The summed E-state index contributed by atoms with van der Waals surface area (Å²) in [7, 11) is 0. The van der Waals surface area contributed by atoms with Crippen LogP contribution in [0.15, 0.2) is 60.8 Å². The Kier molecular flexibility index (Phi) is 4.88. The molecule has 4 nitrogen and oxygen atoms in total. The first-order chi connectivity index (χ1) is 13.1. The maximum atomic E-state index is 12.5. The molecule has 0 unspecified atom stereocenters. The van der Waals surface area contributed by atoms with Crippen LogP contribution in [-0.4, -0.2) is 15.9 Å². The van der Waals surface area contributed by atoms with Crippen LogP contribution in [0.2, 0.25) is 5.02 Å². The van der Waals surface area contributed by atoms with Crippen molar-refractivity contribution in [1.82, 2.24) is 15.3 Å². The maximum Gasteiger partial charge on any atom is 0.251 e. The van der Waals surface area contributed by atoms with Crippen molar-refractivity contribution in [2.45, 2.75) is 13.5 Å². The number of hydrogen-bond donors (Lipinski definition) is 1. The zero-order chi connectivity index (χ0) is 18.8. The zero-order valence-corrected chi connectivity index (χ0v) is 16.1. The number of fused-ring (bicyclic) bond motifs is 1. The largest absolute Gasteiger partial charge is 0.348 e. The van der Waals surface area contributed by atoms with E-state index in [1.165, 1.54) is 0 Å². The summed E-state index contributed by atoms with van der Waals surface area (Å²) >= 11 is 7.44. The third-order valence-corrected chi connectivity index (χ3v) is 5.49. The lowest BCUT2D eigenvalue weighted by Crippen LogP contribution is -2.22. The summed E-state index contributed by atoms with van der Waals surface area (Å²) in [4.78, 5) is 21.5. The summed E-state index contributed by atoms with van der Waals surface area (Å²) in [6, 6.07) is 17.0. The fourth-order valence-electron chi connectivity index (χ4n) is 2.67.